The Morgan fingerprint density at radius 1 is 1.17 bits per heavy atom. The van der Waals surface area contributed by atoms with Gasteiger partial charge in [0.15, 0.2) is 0 Å². The van der Waals surface area contributed by atoms with Crippen molar-refractivity contribution in [1.82, 2.24) is 0 Å². The summed E-state index contributed by atoms with van der Waals surface area (Å²) < 4.78 is 0. The second-order valence-electron chi connectivity index (χ2n) is 4.69. The lowest BCUT2D eigenvalue weighted by atomic mass is 9.72. The topological polar surface area (TPSA) is 52.0 Å². The maximum atomic E-state index is 6.20. The molecule has 0 aromatic heterocycles. The van der Waals surface area contributed by atoms with Crippen LogP contribution in [-0.2, 0) is 0 Å². The zero-order valence-electron chi connectivity index (χ0n) is 9.15. The first-order valence-electron chi connectivity index (χ1n) is 4.81. The van der Waals surface area contributed by atoms with Crippen LogP contribution >= 0.6 is 0 Å². The maximum Gasteiger partial charge on any atom is 0.0328 e. The summed E-state index contributed by atoms with van der Waals surface area (Å²) in [5.41, 5.74) is 11.6. The Hall–Kier alpha value is -0.0800. The SMILES string of the molecule is CCCC(C)C(C)(N)C(C)(C)N. The van der Waals surface area contributed by atoms with Crippen LogP contribution in [0.2, 0.25) is 0 Å². The van der Waals surface area contributed by atoms with E-state index in [1.54, 1.807) is 0 Å². The van der Waals surface area contributed by atoms with Gasteiger partial charge in [0.2, 0.25) is 0 Å². The van der Waals surface area contributed by atoms with E-state index in [0.717, 1.165) is 6.42 Å². The molecule has 2 heteroatoms. The highest BCUT2D eigenvalue weighted by molar-refractivity contribution is 5.01. The van der Waals surface area contributed by atoms with Crippen LogP contribution in [0.1, 0.15) is 47.5 Å². The van der Waals surface area contributed by atoms with E-state index in [-0.39, 0.29) is 11.1 Å². The molecule has 0 bridgehead atoms. The Balaban J connectivity index is 4.38. The van der Waals surface area contributed by atoms with Crippen LogP contribution in [0.5, 0.6) is 0 Å². The Bertz CT molecular complexity index is 133. The fourth-order valence-electron chi connectivity index (χ4n) is 1.37. The fraction of sp³-hybridized carbons (Fsp3) is 1.00. The summed E-state index contributed by atoms with van der Waals surface area (Å²) in [6, 6.07) is 0. The molecule has 0 rings (SSSR count). The van der Waals surface area contributed by atoms with E-state index in [1.165, 1.54) is 6.42 Å². The van der Waals surface area contributed by atoms with Crippen LogP contribution < -0.4 is 11.5 Å². The molecule has 0 heterocycles. The molecule has 0 aromatic rings. The summed E-state index contributed by atoms with van der Waals surface area (Å²) in [5.74, 6) is 0.475. The fourth-order valence-corrected chi connectivity index (χ4v) is 1.37. The van der Waals surface area contributed by atoms with Crippen LogP contribution in [0.15, 0.2) is 0 Å². The van der Waals surface area contributed by atoms with Crippen molar-refractivity contribution in [3.05, 3.63) is 0 Å². The van der Waals surface area contributed by atoms with E-state index in [9.17, 15) is 0 Å². The molecule has 12 heavy (non-hydrogen) atoms. The van der Waals surface area contributed by atoms with E-state index in [1.807, 2.05) is 20.8 Å². The Labute approximate surface area is 76.7 Å². The molecule has 0 amide bonds. The average molecular weight is 172 g/mol. The van der Waals surface area contributed by atoms with Crippen molar-refractivity contribution in [2.75, 3.05) is 0 Å². The largest absolute Gasteiger partial charge is 0.324 e. The molecule has 0 saturated carbocycles. The predicted octanol–water partition coefficient (Wildman–Crippen LogP) is 1.88. The van der Waals surface area contributed by atoms with E-state index < -0.39 is 0 Å². The molecule has 74 valence electrons. The highest BCUT2D eigenvalue weighted by Crippen LogP contribution is 2.27. The average Bonchev–Trinajstić information content (AvgIpc) is 1.85. The molecule has 0 spiro atoms. The number of hydrogen-bond acceptors (Lipinski definition) is 2. The molecule has 0 aliphatic carbocycles. The minimum atomic E-state index is -0.304. The molecular weight excluding hydrogens is 148 g/mol. The van der Waals surface area contributed by atoms with E-state index in [4.69, 9.17) is 11.5 Å². The lowest BCUT2D eigenvalue weighted by molar-refractivity contribution is 0.188. The quantitative estimate of drug-likeness (QED) is 0.680. The van der Waals surface area contributed by atoms with Gasteiger partial charge in [0.05, 0.1) is 0 Å². The monoisotopic (exact) mass is 172 g/mol. The highest BCUT2D eigenvalue weighted by atomic mass is 14.9. The molecule has 2 nitrogen and oxygen atoms in total. The van der Waals surface area contributed by atoms with Crippen molar-refractivity contribution in [3.8, 4) is 0 Å². The summed E-state index contributed by atoms with van der Waals surface area (Å²) in [5, 5.41) is 0. The molecule has 0 aliphatic heterocycles. The second-order valence-corrected chi connectivity index (χ2v) is 4.69. The van der Waals surface area contributed by atoms with E-state index in [2.05, 4.69) is 13.8 Å². The Morgan fingerprint density at radius 2 is 1.58 bits per heavy atom. The Morgan fingerprint density at radius 3 is 1.83 bits per heavy atom. The van der Waals surface area contributed by atoms with Gasteiger partial charge in [-0.3, -0.25) is 0 Å². The third kappa shape index (κ3) is 2.46. The first-order valence-corrected chi connectivity index (χ1v) is 4.81. The van der Waals surface area contributed by atoms with Gasteiger partial charge in [0, 0.05) is 11.1 Å². The maximum absolute atomic E-state index is 6.20. The molecule has 2 atom stereocenters. The molecule has 2 unspecified atom stereocenters. The van der Waals surface area contributed by atoms with Crippen LogP contribution in [-0.4, -0.2) is 11.1 Å². The van der Waals surface area contributed by atoms with Gasteiger partial charge < -0.3 is 11.5 Å². The lowest BCUT2D eigenvalue weighted by Crippen LogP contribution is -2.64. The molecule has 0 radical (unpaired) electrons. The molecule has 0 fully saturated rings. The second kappa shape index (κ2) is 3.75. The molecule has 0 aromatic carbocycles. The van der Waals surface area contributed by atoms with Crippen LogP contribution in [0.4, 0.5) is 0 Å². The third-order valence-electron chi connectivity index (χ3n) is 3.13. The number of rotatable bonds is 4. The molecule has 4 N–H and O–H groups in total. The van der Waals surface area contributed by atoms with Gasteiger partial charge in [-0.2, -0.15) is 0 Å². The van der Waals surface area contributed by atoms with Gasteiger partial charge in [0.25, 0.3) is 0 Å². The minimum Gasteiger partial charge on any atom is -0.324 e. The normalized spacial score (nSPS) is 20.2. The van der Waals surface area contributed by atoms with Gasteiger partial charge in [0.1, 0.15) is 0 Å². The smallest absolute Gasteiger partial charge is 0.0328 e. The van der Waals surface area contributed by atoms with Crippen LogP contribution in [0.25, 0.3) is 0 Å². The van der Waals surface area contributed by atoms with E-state index >= 15 is 0 Å². The zero-order chi connectivity index (χ0) is 9.99. The number of nitrogens with two attached hydrogens (primary N) is 2. The first-order chi connectivity index (χ1) is 5.23. The van der Waals surface area contributed by atoms with Crippen molar-refractivity contribution < 1.29 is 0 Å². The molecule has 0 aliphatic rings. The number of hydrogen-bond donors (Lipinski definition) is 2. The molecule has 0 saturated heterocycles. The third-order valence-corrected chi connectivity index (χ3v) is 3.13. The van der Waals surface area contributed by atoms with Crippen molar-refractivity contribution in [2.24, 2.45) is 17.4 Å². The standard InChI is InChI=1S/C10H24N2/c1-6-7-8(2)10(5,12)9(3,4)11/h8H,6-7,11-12H2,1-5H3. The van der Waals surface area contributed by atoms with Crippen LogP contribution in [0, 0.1) is 5.92 Å². The lowest BCUT2D eigenvalue weighted by Gasteiger charge is -2.43. The minimum absolute atomic E-state index is 0.275. The summed E-state index contributed by atoms with van der Waals surface area (Å²) in [7, 11) is 0. The van der Waals surface area contributed by atoms with Gasteiger partial charge in [-0.15, -0.1) is 0 Å². The van der Waals surface area contributed by atoms with Gasteiger partial charge in [-0.1, -0.05) is 20.3 Å². The van der Waals surface area contributed by atoms with Gasteiger partial charge >= 0.3 is 0 Å². The van der Waals surface area contributed by atoms with Crippen molar-refractivity contribution in [1.29, 1.82) is 0 Å². The summed E-state index contributed by atoms with van der Waals surface area (Å²) >= 11 is 0. The zero-order valence-corrected chi connectivity index (χ0v) is 9.15. The Kier molecular flexibility index (Phi) is 3.73. The predicted molar refractivity (Wildman–Crippen MR) is 54.9 cm³/mol. The van der Waals surface area contributed by atoms with Crippen molar-refractivity contribution >= 4 is 0 Å². The van der Waals surface area contributed by atoms with Crippen LogP contribution in [0.3, 0.4) is 0 Å². The summed E-state index contributed by atoms with van der Waals surface area (Å²) in [6.07, 6.45) is 2.32. The highest BCUT2D eigenvalue weighted by Gasteiger charge is 2.38. The van der Waals surface area contributed by atoms with E-state index in [0.29, 0.717) is 5.92 Å². The summed E-state index contributed by atoms with van der Waals surface area (Å²) in [4.78, 5) is 0. The van der Waals surface area contributed by atoms with Crippen molar-refractivity contribution in [2.45, 2.75) is 58.5 Å². The van der Waals surface area contributed by atoms with Crippen molar-refractivity contribution in [3.63, 3.8) is 0 Å². The van der Waals surface area contributed by atoms with Gasteiger partial charge in [-0.25, -0.2) is 0 Å². The molecular formula is C10H24N2. The summed E-state index contributed by atoms with van der Waals surface area (Å²) in [6.45, 7) is 10.4. The first kappa shape index (κ1) is 11.9. The van der Waals surface area contributed by atoms with Gasteiger partial charge in [-0.05, 0) is 33.1 Å².